The molecule has 92 valence electrons. The number of nitrogens with one attached hydrogen (secondary N) is 1. The molecule has 15 heavy (non-hydrogen) atoms. The van der Waals surface area contributed by atoms with E-state index in [1.165, 1.54) is 12.8 Å². The summed E-state index contributed by atoms with van der Waals surface area (Å²) in [4.78, 5) is 0. The second-order valence-corrected chi connectivity index (χ2v) is 4.08. The van der Waals surface area contributed by atoms with Gasteiger partial charge in [-0.3, -0.25) is 0 Å². The van der Waals surface area contributed by atoms with Crippen molar-refractivity contribution < 1.29 is 9.47 Å². The van der Waals surface area contributed by atoms with Crippen molar-refractivity contribution >= 4 is 0 Å². The van der Waals surface area contributed by atoms with Gasteiger partial charge in [-0.25, -0.2) is 0 Å². The minimum Gasteiger partial charge on any atom is -0.384 e. The lowest BCUT2D eigenvalue weighted by Gasteiger charge is -2.11. The average molecular weight is 217 g/mol. The molecule has 0 aliphatic heterocycles. The molecule has 0 spiro atoms. The quantitative estimate of drug-likeness (QED) is 0.537. The molecule has 1 unspecified atom stereocenters. The van der Waals surface area contributed by atoms with Crippen LogP contribution in [-0.4, -0.2) is 40.0 Å². The zero-order valence-electron chi connectivity index (χ0n) is 10.6. The van der Waals surface area contributed by atoms with Gasteiger partial charge in [0.15, 0.2) is 0 Å². The molecule has 1 atom stereocenters. The summed E-state index contributed by atoms with van der Waals surface area (Å²) in [6.45, 7) is 9.07. The van der Waals surface area contributed by atoms with Crippen molar-refractivity contribution in [2.75, 3.05) is 40.0 Å². The van der Waals surface area contributed by atoms with Crippen LogP contribution in [0.4, 0.5) is 0 Å². The minimum atomic E-state index is 0.594. The fourth-order valence-electron chi connectivity index (χ4n) is 1.34. The van der Waals surface area contributed by atoms with Gasteiger partial charge in [-0.2, -0.15) is 0 Å². The van der Waals surface area contributed by atoms with E-state index in [0.717, 1.165) is 39.3 Å². The van der Waals surface area contributed by atoms with Gasteiger partial charge in [0.05, 0.1) is 0 Å². The number of hydrogen-bond acceptors (Lipinski definition) is 3. The van der Waals surface area contributed by atoms with Crippen LogP contribution in [0.25, 0.3) is 0 Å². The van der Waals surface area contributed by atoms with E-state index in [4.69, 9.17) is 9.47 Å². The molecule has 0 aliphatic carbocycles. The molecule has 0 saturated carbocycles. The molecule has 1 N–H and O–H groups in total. The SMILES string of the molecule is CCCCOCCCNCC(C)COC. The lowest BCUT2D eigenvalue weighted by molar-refractivity contribution is 0.127. The van der Waals surface area contributed by atoms with Crippen molar-refractivity contribution in [2.24, 2.45) is 5.92 Å². The third-order valence-electron chi connectivity index (χ3n) is 2.23. The second-order valence-electron chi connectivity index (χ2n) is 4.08. The van der Waals surface area contributed by atoms with Crippen LogP contribution >= 0.6 is 0 Å². The number of methoxy groups -OCH3 is 1. The lowest BCUT2D eigenvalue weighted by Crippen LogP contribution is -2.25. The molecule has 0 saturated heterocycles. The zero-order valence-corrected chi connectivity index (χ0v) is 10.6. The number of ether oxygens (including phenoxy) is 2. The molecule has 0 aromatic rings. The van der Waals surface area contributed by atoms with Gasteiger partial charge < -0.3 is 14.8 Å². The molecular formula is C12H27NO2. The average Bonchev–Trinajstić information content (AvgIpc) is 2.22. The zero-order chi connectivity index (χ0) is 11.4. The predicted molar refractivity (Wildman–Crippen MR) is 64.3 cm³/mol. The summed E-state index contributed by atoms with van der Waals surface area (Å²) in [6, 6.07) is 0. The van der Waals surface area contributed by atoms with Gasteiger partial charge in [-0.05, 0) is 31.8 Å². The third-order valence-corrected chi connectivity index (χ3v) is 2.23. The molecule has 3 nitrogen and oxygen atoms in total. The fourth-order valence-corrected chi connectivity index (χ4v) is 1.34. The number of unbranched alkanes of at least 4 members (excludes halogenated alkanes) is 1. The minimum absolute atomic E-state index is 0.594. The maximum absolute atomic E-state index is 5.46. The maximum atomic E-state index is 5.46. The van der Waals surface area contributed by atoms with Gasteiger partial charge in [0, 0.05) is 26.9 Å². The normalized spacial score (nSPS) is 13.0. The van der Waals surface area contributed by atoms with Crippen LogP contribution in [0.3, 0.4) is 0 Å². The van der Waals surface area contributed by atoms with E-state index in [9.17, 15) is 0 Å². The Balaban J connectivity index is 2.98. The van der Waals surface area contributed by atoms with E-state index in [-0.39, 0.29) is 0 Å². The van der Waals surface area contributed by atoms with Gasteiger partial charge in [0.1, 0.15) is 0 Å². The predicted octanol–water partition coefficient (Wildman–Crippen LogP) is 2.07. The second kappa shape index (κ2) is 12.0. The summed E-state index contributed by atoms with van der Waals surface area (Å²) in [5.41, 5.74) is 0. The molecule has 0 bridgehead atoms. The van der Waals surface area contributed by atoms with Gasteiger partial charge in [0.2, 0.25) is 0 Å². The molecule has 0 aromatic carbocycles. The molecule has 0 amide bonds. The van der Waals surface area contributed by atoms with E-state index < -0.39 is 0 Å². The summed E-state index contributed by atoms with van der Waals surface area (Å²) in [5, 5.41) is 3.40. The summed E-state index contributed by atoms with van der Waals surface area (Å²) in [7, 11) is 1.75. The Labute approximate surface area is 94.5 Å². The van der Waals surface area contributed by atoms with Crippen LogP contribution in [0.2, 0.25) is 0 Å². The Hall–Kier alpha value is -0.120. The van der Waals surface area contributed by atoms with Crippen molar-refractivity contribution in [3.8, 4) is 0 Å². The van der Waals surface area contributed by atoms with Crippen molar-refractivity contribution in [1.29, 1.82) is 0 Å². The molecule has 0 rings (SSSR count). The van der Waals surface area contributed by atoms with Gasteiger partial charge >= 0.3 is 0 Å². The molecule has 0 aromatic heterocycles. The Bertz CT molecular complexity index is 120. The van der Waals surface area contributed by atoms with Gasteiger partial charge in [-0.1, -0.05) is 20.3 Å². The van der Waals surface area contributed by atoms with E-state index in [0.29, 0.717) is 5.92 Å². The van der Waals surface area contributed by atoms with Crippen LogP contribution in [-0.2, 0) is 9.47 Å². The molecule has 0 aliphatic rings. The largest absolute Gasteiger partial charge is 0.384 e. The van der Waals surface area contributed by atoms with Crippen LogP contribution in [0, 0.1) is 5.92 Å². The van der Waals surface area contributed by atoms with Crippen LogP contribution in [0.5, 0.6) is 0 Å². The highest BCUT2D eigenvalue weighted by molar-refractivity contribution is 4.55. The van der Waals surface area contributed by atoms with Crippen molar-refractivity contribution in [3.63, 3.8) is 0 Å². The summed E-state index contributed by atoms with van der Waals surface area (Å²) >= 11 is 0. The van der Waals surface area contributed by atoms with Crippen LogP contribution in [0.1, 0.15) is 33.1 Å². The van der Waals surface area contributed by atoms with Crippen molar-refractivity contribution in [3.05, 3.63) is 0 Å². The smallest absolute Gasteiger partial charge is 0.0499 e. The first-order chi connectivity index (χ1) is 7.31. The van der Waals surface area contributed by atoms with Gasteiger partial charge in [0.25, 0.3) is 0 Å². The van der Waals surface area contributed by atoms with Gasteiger partial charge in [-0.15, -0.1) is 0 Å². The summed E-state index contributed by atoms with van der Waals surface area (Å²) in [5.74, 6) is 0.594. The van der Waals surface area contributed by atoms with E-state index in [1.54, 1.807) is 7.11 Å². The first-order valence-electron chi connectivity index (χ1n) is 6.08. The Kier molecular flexibility index (Phi) is 11.9. The Morgan fingerprint density at radius 1 is 1.20 bits per heavy atom. The Morgan fingerprint density at radius 3 is 2.60 bits per heavy atom. The van der Waals surface area contributed by atoms with Crippen LogP contribution < -0.4 is 5.32 Å². The third kappa shape index (κ3) is 11.8. The van der Waals surface area contributed by atoms with E-state index >= 15 is 0 Å². The monoisotopic (exact) mass is 217 g/mol. The lowest BCUT2D eigenvalue weighted by atomic mass is 10.2. The standard InChI is InChI=1S/C12H27NO2/c1-4-5-8-15-9-6-7-13-10-12(2)11-14-3/h12-13H,4-11H2,1-3H3. The highest BCUT2D eigenvalue weighted by Gasteiger charge is 1.99. The number of rotatable bonds is 11. The van der Waals surface area contributed by atoms with Crippen molar-refractivity contribution in [1.82, 2.24) is 5.32 Å². The fraction of sp³-hybridized carbons (Fsp3) is 1.00. The summed E-state index contributed by atoms with van der Waals surface area (Å²) < 4.78 is 10.5. The first-order valence-corrected chi connectivity index (χ1v) is 6.08. The molecule has 0 radical (unpaired) electrons. The highest BCUT2D eigenvalue weighted by atomic mass is 16.5. The maximum Gasteiger partial charge on any atom is 0.0499 e. The van der Waals surface area contributed by atoms with E-state index in [1.807, 2.05) is 0 Å². The van der Waals surface area contributed by atoms with Crippen LogP contribution in [0.15, 0.2) is 0 Å². The molecule has 0 heterocycles. The number of hydrogen-bond donors (Lipinski definition) is 1. The first kappa shape index (κ1) is 14.9. The topological polar surface area (TPSA) is 30.5 Å². The molecule has 0 fully saturated rings. The molecule has 3 heteroatoms. The van der Waals surface area contributed by atoms with Crippen molar-refractivity contribution in [2.45, 2.75) is 33.1 Å². The summed E-state index contributed by atoms with van der Waals surface area (Å²) in [6.07, 6.45) is 3.49. The van der Waals surface area contributed by atoms with E-state index in [2.05, 4.69) is 19.2 Å². The molecular weight excluding hydrogens is 190 g/mol. The Morgan fingerprint density at radius 2 is 1.93 bits per heavy atom. The highest BCUT2D eigenvalue weighted by Crippen LogP contribution is 1.92.